The largest absolute Gasteiger partial charge is 0.480 e. The van der Waals surface area contributed by atoms with Crippen molar-refractivity contribution >= 4 is 5.97 Å². The van der Waals surface area contributed by atoms with E-state index in [1.807, 2.05) is 12.1 Å². The molecule has 1 atom stereocenters. The van der Waals surface area contributed by atoms with Gasteiger partial charge in [-0.15, -0.1) is 0 Å². The van der Waals surface area contributed by atoms with Gasteiger partial charge in [-0.25, -0.2) is 0 Å². The van der Waals surface area contributed by atoms with Crippen LogP contribution in [0, 0.1) is 0 Å². The number of hydrogen-bond donors (Lipinski definition) is 2. The van der Waals surface area contributed by atoms with Gasteiger partial charge in [-0.2, -0.15) is 0 Å². The van der Waals surface area contributed by atoms with E-state index in [4.69, 9.17) is 0 Å². The predicted octanol–water partition coefficient (Wildman–Crippen LogP) is 3.02. The van der Waals surface area contributed by atoms with Gasteiger partial charge in [-0.1, -0.05) is 51.0 Å². The lowest BCUT2D eigenvalue weighted by molar-refractivity contribution is -0.139. The van der Waals surface area contributed by atoms with Gasteiger partial charge in [0.15, 0.2) is 0 Å². The summed E-state index contributed by atoms with van der Waals surface area (Å²) in [6.07, 6.45) is 4.89. The van der Waals surface area contributed by atoms with Crippen LogP contribution in [0.3, 0.4) is 0 Å². The average molecular weight is 263 g/mol. The fourth-order valence-corrected chi connectivity index (χ4v) is 2.04. The number of aliphatic carboxylic acids is 1. The molecule has 0 aliphatic heterocycles. The average Bonchev–Trinajstić information content (AvgIpc) is 2.42. The summed E-state index contributed by atoms with van der Waals surface area (Å²) in [6.45, 7) is 5.03. The second kappa shape index (κ2) is 8.70. The van der Waals surface area contributed by atoms with Crippen LogP contribution in [0.15, 0.2) is 24.3 Å². The van der Waals surface area contributed by atoms with Crippen LogP contribution in [0.4, 0.5) is 0 Å². The van der Waals surface area contributed by atoms with Crippen LogP contribution >= 0.6 is 0 Å². The highest BCUT2D eigenvalue weighted by Crippen LogP contribution is 2.08. The van der Waals surface area contributed by atoms with E-state index in [2.05, 4.69) is 31.3 Å². The van der Waals surface area contributed by atoms with Crippen LogP contribution in [0.2, 0.25) is 0 Å². The number of aryl methyl sites for hydroxylation is 1. The van der Waals surface area contributed by atoms with Gasteiger partial charge in [0.05, 0.1) is 0 Å². The summed E-state index contributed by atoms with van der Waals surface area (Å²) in [7, 11) is 0. The van der Waals surface area contributed by atoms with E-state index in [9.17, 15) is 9.90 Å². The summed E-state index contributed by atoms with van der Waals surface area (Å²) >= 11 is 0. The third kappa shape index (κ3) is 5.88. The van der Waals surface area contributed by atoms with Gasteiger partial charge in [-0.05, 0) is 36.9 Å². The molecular weight excluding hydrogens is 238 g/mol. The molecule has 19 heavy (non-hydrogen) atoms. The Morgan fingerprint density at radius 3 is 2.32 bits per heavy atom. The van der Waals surface area contributed by atoms with Crippen molar-refractivity contribution < 1.29 is 9.90 Å². The van der Waals surface area contributed by atoms with Gasteiger partial charge < -0.3 is 10.4 Å². The lowest BCUT2D eigenvalue weighted by Crippen LogP contribution is -2.39. The van der Waals surface area contributed by atoms with E-state index >= 15 is 0 Å². The molecule has 0 bridgehead atoms. The third-order valence-corrected chi connectivity index (χ3v) is 3.34. The van der Waals surface area contributed by atoms with Crippen molar-refractivity contribution in [1.82, 2.24) is 5.32 Å². The van der Waals surface area contributed by atoms with Crippen molar-refractivity contribution in [3.05, 3.63) is 35.4 Å². The zero-order valence-electron chi connectivity index (χ0n) is 12.0. The summed E-state index contributed by atoms with van der Waals surface area (Å²) in [6, 6.07) is 7.73. The second-order valence-electron chi connectivity index (χ2n) is 4.93. The Morgan fingerprint density at radius 1 is 1.16 bits per heavy atom. The van der Waals surface area contributed by atoms with Crippen LogP contribution in [-0.4, -0.2) is 23.7 Å². The molecule has 0 unspecified atom stereocenters. The quantitative estimate of drug-likeness (QED) is 0.673. The van der Waals surface area contributed by atoms with E-state index in [1.54, 1.807) is 0 Å². The molecule has 0 saturated carbocycles. The Morgan fingerprint density at radius 2 is 1.79 bits per heavy atom. The molecule has 3 nitrogen and oxygen atoms in total. The minimum absolute atomic E-state index is 0.482. The Hall–Kier alpha value is -1.35. The molecule has 1 aromatic rings. The highest BCUT2D eigenvalue weighted by molar-refractivity contribution is 5.73. The number of carboxylic acids is 1. The zero-order chi connectivity index (χ0) is 14.1. The first-order valence-electron chi connectivity index (χ1n) is 7.21. The lowest BCUT2D eigenvalue weighted by Gasteiger charge is -2.14. The lowest BCUT2D eigenvalue weighted by atomic mass is 10.0. The molecule has 0 spiro atoms. The molecule has 0 saturated heterocycles. The van der Waals surface area contributed by atoms with Gasteiger partial charge in [0.2, 0.25) is 0 Å². The van der Waals surface area contributed by atoms with E-state index in [-0.39, 0.29) is 0 Å². The summed E-state index contributed by atoms with van der Waals surface area (Å²) in [5.41, 5.74) is 2.36. The Labute approximate surface area is 116 Å². The van der Waals surface area contributed by atoms with Crippen LogP contribution in [0.25, 0.3) is 0 Å². The standard InChI is InChI=1S/C16H25NO2/c1-3-5-6-11-17-15(16(18)19)12-14-9-7-13(4-2)8-10-14/h7-10,15,17H,3-6,11-12H2,1-2H3,(H,18,19)/t15-/m0/s1. The van der Waals surface area contributed by atoms with Gasteiger partial charge in [0.25, 0.3) is 0 Å². The molecule has 3 heteroatoms. The van der Waals surface area contributed by atoms with E-state index in [1.165, 1.54) is 5.56 Å². The maximum Gasteiger partial charge on any atom is 0.321 e. The number of rotatable bonds is 9. The van der Waals surface area contributed by atoms with Gasteiger partial charge >= 0.3 is 5.97 Å². The molecule has 2 N–H and O–H groups in total. The number of carbonyl (C=O) groups is 1. The first kappa shape index (κ1) is 15.7. The van der Waals surface area contributed by atoms with Crippen molar-refractivity contribution in [3.8, 4) is 0 Å². The number of unbranched alkanes of at least 4 members (excludes halogenated alkanes) is 2. The minimum atomic E-state index is -0.768. The fourth-order valence-electron chi connectivity index (χ4n) is 2.04. The summed E-state index contributed by atoms with van der Waals surface area (Å²) < 4.78 is 0. The van der Waals surface area contributed by atoms with Crippen LogP contribution in [-0.2, 0) is 17.6 Å². The molecule has 0 aromatic heterocycles. The Kier molecular flexibility index (Phi) is 7.19. The first-order chi connectivity index (χ1) is 9.17. The summed E-state index contributed by atoms with van der Waals surface area (Å²) in [5.74, 6) is -0.768. The van der Waals surface area contributed by atoms with Crippen molar-refractivity contribution in [3.63, 3.8) is 0 Å². The van der Waals surface area contributed by atoms with Crippen LogP contribution in [0.5, 0.6) is 0 Å². The zero-order valence-corrected chi connectivity index (χ0v) is 12.0. The number of hydrogen-bond acceptors (Lipinski definition) is 2. The van der Waals surface area contributed by atoms with Crippen molar-refractivity contribution in [1.29, 1.82) is 0 Å². The molecule has 0 heterocycles. The van der Waals surface area contributed by atoms with Crippen LogP contribution < -0.4 is 5.32 Å². The molecule has 0 amide bonds. The molecule has 0 fully saturated rings. The monoisotopic (exact) mass is 263 g/mol. The van der Waals surface area contributed by atoms with Crippen LogP contribution in [0.1, 0.15) is 44.2 Å². The van der Waals surface area contributed by atoms with Crippen molar-refractivity contribution in [2.45, 2.75) is 52.0 Å². The maximum absolute atomic E-state index is 11.2. The normalized spacial score (nSPS) is 12.3. The smallest absolute Gasteiger partial charge is 0.321 e. The Balaban J connectivity index is 2.49. The third-order valence-electron chi connectivity index (χ3n) is 3.34. The molecule has 1 rings (SSSR count). The highest BCUT2D eigenvalue weighted by atomic mass is 16.4. The first-order valence-corrected chi connectivity index (χ1v) is 7.21. The highest BCUT2D eigenvalue weighted by Gasteiger charge is 2.16. The van der Waals surface area contributed by atoms with E-state index in [0.717, 1.165) is 37.8 Å². The molecule has 0 aliphatic carbocycles. The van der Waals surface area contributed by atoms with E-state index < -0.39 is 12.0 Å². The van der Waals surface area contributed by atoms with Crippen molar-refractivity contribution in [2.75, 3.05) is 6.54 Å². The van der Waals surface area contributed by atoms with Gasteiger partial charge in [0, 0.05) is 0 Å². The second-order valence-corrected chi connectivity index (χ2v) is 4.93. The number of carboxylic acid groups (broad SMARTS) is 1. The summed E-state index contributed by atoms with van der Waals surface area (Å²) in [5, 5.41) is 12.4. The van der Waals surface area contributed by atoms with E-state index in [0.29, 0.717) is 6.42 Å². The molecule has 0 radical (unpaired) electrons. The van der Waals surface area contributed by atoms with Crippen molar-refractivity contribution in [2.24, 2.45) is 0 Å². The maximum atomic E-state index is 11.2. The van der Waals surface area contributed by atoms with Gasteiger partial charge in [0.1, 0.15) is 6.04 Å². The fraction of sp³-hybridized carbons (Fsp3) is 0.562. The molecule has 106 valence electrons. The topological polar surface area (TPSA) is 49.3 Å². The minimum Gasteiger partial charge on any atom is -0.480 e. The Bertz CT molecular complexity index is 373. The van der Waals surface area contributed by atoms with Gasteiger partial charge in [-0.3, -0.25) is 4.79 Å². The number of benzene rings is 1. The summed E-state index contributed by atoms with van der Waals surface area (Å²) in [4.78, 5) is 11.2. The predicted molar refractivity (Wildman–Crippen MR) is 78.5 cm³/mol. The molecule has 0 aliphatic rings. The SMILES string of the molecule is CCCCCN[C@@H](Cc1ccc(CC)cc1)C(=O)O. The molecule has 1 aromatic carbocycles. The molecular formula is C16H25NO2. The number of nitrogens with one attached hydrogen (secondary N) is 1.